The van der Waals surface area contributed by atoms with Gasteiger partial charge in [-0.2, -0.15) is 10.3 Å². The van der Waals surface area contributed by atoms with Gasteiger partial charge in [0.2, 0.25) is 0 Å². The second-order valence-corrected chi connectivity index (χ2v) is 4.57. The molecule has 6 nitrogen and oxygen atoms in total. The summed E-state index contributed by atoms with van der Waals surface area (Å²) >= 11 is 1.22. The number of aliphatic imine (C=N–C) groups is 1. The van der Waals surface area contributed by atoms with Crippen LogP contribution in [0.1, 0.15) is 6.42 Å². The Labute approximate surface area is 114 Å². The van der Waals surface area contributed by atoms with Crippen LogP contribution in [0.2, 0.25) is 0 Å². The van der Waals surface area contributed by atoms with E-state index >= 15 is 0 Å². The third-order valence-electron chi connectivity index (χ3n) is 2.26. The highest BCUT2D eigenvalue weighted by atomic mass is 32.2. The average Bonchev–Trinajstić information content (AvgIpc) is 2.42. The molecule has 1 aromatic carbocycles. The van der Waals surface area contributed by atoms with E-state index < -0.39 is 5.91 Å². The van der Waals surface area contributed by atoms with Crippen LogP contribution in [0, 0.1) is 11.3 Å². The maximum atomic E-state index is 11.6. The number of para-hydroxylation sites is 1. The standard InChI is InChI=1S/C12H10N4O2S/c13-7-6-10(17)16-11(18)8-19-12(15-16)14-9-4-2-1-3-5-9/h1-5H,6,8H2,(H,14,15). The highest BCUT2D eigenvalue weighted by Gasteiger charge is 2.27. The topological polar surface area (TPSA) is 85.6 Å². The van der Waals surface area contributed by atoms with Crippen LogP contribution < -0.4 is 5.43 Å². The first-order valence-corrected chi connectivity index (χ1v) is 6.45. The van der Waals surface area contributed by atoms with E-state index in [1.165, 1.54) is 11.8 Å². The Morgan fingerprint density at radius 1 is 1.47 bits per heavy atom. The summed E-state index contributed by atoms with van der Waals surface area (Å²) in [7, 11) is 0. The number of hydrogen-bond acceptors (Lipinski definition) is 5. The molecule has 0 aliphatic carbocycles. The van der Waals surface area contributed by atoms with Crippen molar-refractivity contribution in [3.05, 3.63) is 30.3 Å². The molecule has 0 saturated carbocycles. The van der Waals surface area contributed by atoms with Gasteiger partial charge in [-0.1, -0.05) is 30.0 Å². The van der Waals surface area contributed by atoms with Gasteiger partial charge in [0.15, 0.2) is 5.17 Å². The van der Waals surface area contributed by atoms with Crippen molar-refractivity contribution in [3.63, 3.8) is 0 Å². The van der Waals surface area contributed by atoms with Gasteiger partial charge < -0.3 is 0 Å². The monoisotopic (exact) mass is 274 g/mol. The van der Waals surface area contributed by atoms with Crippen molar-refractivity contribution in [2.75, 3.05) is 5.75 Å². The van der Waals surface area contributed by atoms with Crippen LogP contribution in [-0.2, 0) is 9.59 Å². The minimum absolute atomic E-state index is 0.121. The first-order valence-electron chi connectivity index (χ1n) is 5.46. The first-order chi connectivity index (χ1) is 9.20. The number of carbonyl (C=O) groups excluding carboxylic acids is 2. The lowest BCUT2D eigenvalue weighted by Gasteiger charge is -2.26. The number of hydrogen-bond donors (Lipinski definition) is 1. The normalized spacial score (nSPS) is 16.9. The Morgan fingerprint density at radius 3 is 2.89 bits per heavy atom. The number of nitrogens with one attached hydrogen (secondary N) is 1. The number of thioether (sulfide) groups is 1. The number of benzene rings is 1. The van der Waals surface area contributed by atoms with Crippen molar-refractivity contribution in [3.8, 4) is 6.07 Å². The van der Waals surface area contributed by atoms with E-state index in [1.54, 1.807) is 6.07 Å². The lowest BCUT2D eigenvalue weighted by molar-refractivity contribution is -0.145. The van der Waals surface area contributed by atoms with E-state index in [-0.39, 0.29) is 18.1 Å². The summed E-state index contributed by atoms with van der Waals surface area (Å²) < 4.78 is 0. The van der Waals surface area contributed by atoms with Gasteiger partial charge in [-0.05, 0) is 12.1 Å². The average molecular weight is 274 g/mol. The molecular weight excluding hydrogens is 264 g/mol. The molecule has 1 aliphatic rings. The summed E-state index contributed by atoms with van der Waals surface area (Å²) in [5, 5.41) is 9.79. The molecule has 1 heterocycles. The maximum Gasteiger partial charge on any atom is 0.262 e. The molecule has 0 bridgehead atoms. The molecule has 7 heteroatoms. The van der Waals surface area contributed by atoms with Gasteiger partial charge in [0.05, 0.1) is 17.5 Å². The Bertz CT molecular complexity index is 565. The Hall–Kier alpha value is -2.33. The van der Waals surface area contributed by atoms with E-state index in [2.05, 4.69) is 10.4 Å². The van der Waals surface area contributed by atoms with Crippen molar-refractivity contribution in [1.29, 1.82) is 5.26 Å². The van der Waals surface area contributed by atoms with Gasteiger partial charge in [0.25, 0.3) is 11.8 Å². The summed E-state index contributed by atoms with van der Waals surface area (Å²) in [5.74, 6) is -0.832. The molecular formula is C12H10N4O2S. The van der Waals surface area contributed by atoms with Crippen LogP contribution in [0.15, 0.2) is 35.3 Å². The van der Waals surface area contributed by atoms with Crippen LogP contribution in [0.3, 0.4) is 0 Å². The highest BCUT2D eigenvalue weighted by Crippen LogP contribution is 2.17. The second kappa shape index (κ2) is 6.02. The number of imide groups is 1. The Morgan fingerprint density at radius 2 is 2.21 bits per heavy atom. The highest BCUT2D eigenvalue weighted by molar-refractivity contribution is 8.14. The predicted molar refractivity (Wildman–Crippen MR) is 71.2 cm³/mol. The number of nitrogens with zero attached hydrogens (tertiary/aromatic N) is 3. The maximum absolute atomic E-state index is 11.6. The number of hydrazine groups is 1. The molecule has 2 rings (SSSR count). The summed E-state index contributed by atoms with van der Waals surface area (Å²) in [6.45, 7) is 0. The van der Waals surface area contributed by atoms with Gasteiger partial charge >= 0.3 is 0 Å². The van der Waals surface area contributed by atoms with Gasteiger partial charge in [0, 0.05) is 0 Å². The van der Waals surface area contributed by atoms with Crippen LogP contribution in [0.5, 0.6) is 0 Å². The number of amides is 2. The van der Waals surface area contributed by atoms with E-state index in [0.717, 1.165) is 10.7 Å². The fourth-order valence-electron chi connectivity index (χ4n) is 1.41. The predicted octanol–water partition coefficient (Wildman–Crippen LogP) is 1.19. The number of rotatable bonds is 2. The molecule has 1 aliphatic heterocycles. The van der Waals surface area contributed by atoms with E-state index in [0.29, 0.717) is 5.17 Å². The van der Waals surface area contributed by atoms with Crippen LogP contribution >= 0.6 is 11.8 Å². The minimum atomic E-state index is -0.575. The van der Waals surface area contributed by atoms with Crippen molar-refractivity contribution >= 4 is 34.4 Å². The van der Waals surface area contributed by atoms with E-state index in [4.69, 9.17) is 5.26 Å². The molecule has 1 saturated heterocycles. The molecule has 96 valence electrons. The molecule has 0 atom stereocenters. The van der Waals surface area contributed by atoms with Crippen molar-refractivity contribution in [1.82, 2.24) is 10.4 Å². The second-order valence-electron chi connectivity index (χ2n) is 3.61. The van der Waals surface area contributed by atoms with E-state index in [9.17, 15) is 9.59 Å². The summed E-state index contributed by atoms with van der Waals surface area (Å²) in [4.78, 5) is 27.4. The fourth-order valence-corrected chi connectivity index (χ4v) is 2.13. The minimum Gasteiger partial charge on any atom is -0.272 e. The number of carbonyl (C=O) groups is 2. The number of nitriles is 1. The van der Waals surface area contributed by atoms with Crippen LogP contribution in [0.4, 0.5) is 5.69 Å². The van der Waals surface area contributed by atoms with E-state index in [1.807, 2.05) is 30.3 Å². The summed E-state index contributed by atoms with van der Waals surface area (Å²) in [6, 6.07) is 10.9. The van der Waals surface area contributed by atoms with Crippen molar-refractivity contribution in [2.45, 2.75) is 6.42 Å². The zero-order valence-electron chi connectivity index (χ0n) is 9.87. The SMILES string of the molecule is N#CCC(=O)N1NC(=Nc2ccccc2)SCC1=O. The molecule has 0 spiro atoms. The molecule has 2 amide bonds. The zero-order chi connectivity index (χ0) is 13.7. The molecule has 1 fully saturated rings. The Kier molecular flexibility index (Phi) is 4.15. The molecule has 0 unspecified atom stereocenters. The molecule has 1 N–H and O–H groups in total. The lowest BCUT2D eigenvalue weighted by atomic mass is 10.3. The van der Waals surface area contributed by atoms with Gasteiger partial charge in [-0.25, -0.2) is 4.99 Å². The van der Waals surface area contributed by atoms with Crippen molar-refractivity contribution < 1.29 is 9.59 Å². The smallest absolute Gasteiger partial charge is 0.262 e. The third kappa shape index (κ3) is 3.33. The summed E-state index contributed by atoms with van der Waals surface area (Å²) in [6.07, 6.45) is -0.345. The quantitative estimate of drug-likeness (QED) is 0.875. The fraction of sp³-hybridized carbons (Fsp3) is 0.167. The summed E-state index contributed by atoms with van der Waals surface area (Å²) in [5.41, 5.74) is 3.35. The van der Waals surface area contributed by atoms with Gasteiger partial charge in [0.1, 0.15) is 6.42 Å². The van der Waals surface area contributed by atoms with Gasteiger partial charge in [-0.15, -0.1) is 0 Å². The largest absolute Gasteiger partial charge is 0.272 e. The Balaban J connectivity index is 2.14. The van der Waals surface area contributed by atoms with Crippen LogP contribution in [-0.4, -0.2) is 27.7 Å². The zero-order valence-corrected chi connectivity index (χ0v) is 10.7. The molecule has 0 radical (unpaired) electrons. The molecule has 19 heavy (non-hydrogen) atoms. The lowest BCUT2D eigenvalue weighted by Crippen LogP contribution is -2.53. The number of amidine groups is 1. The van der Waals surface area contributed by atoms with Crippen molar-refractivity contribution in [2.24, 2.45) is 4.99 Å². The molecule has 1 aromatic rings. The molecule has 0 aromatic heterocycles. The van der Waals surface area contributed by atoms with Crippen LogP contribution in [0.25, 0.3) is 0 Å². The van der Waals surface area contributed by atoms with Gasteiger partial charge in [-0.3, -0.25) is 15.0 Å². The third-order valence-corrected chi connectivity index (χ3v) is 3.10. The first kappa shape index (κ1) is 13.1.